The fraction of sp³-hybridized carbons (Fsp3) is 0.300. The molecule has 78 valence electrons. The Morgan fingerprint density at radius 3 is 2.93 bits per heavy atom. The Balaban J connectivity index is 2.32. The van der Waals surface area contributed by atoms with E-state index in [1.54, 1.807) is 11.6 Å². The number of rotatable bonds is 3. The fourth-order valence-corrected chi connectivity index (χ4v) is 2.05. The van der Waals surface area contributed by atoms with E-state index in [0.29, 0.717) is 5.69 Å². The molecule has 0 saturated carbocycles. The Morgan fingerprint density at radius 1 is 1.60 bits per heavy atom. The third-order valence-electron chi connectivity index (χ3n) is 2.07. The zero-order valence-electron chi connectivity index (χ0n) is 8.60. The number of ketones is 1. The number of aromatic nitrogens is 3. The van der Waals surface area contributed by atoms with Crippen molar-refractivity contribution in [2.45, 2.75) is 20.4 Å². The topological polar surface area (TPSA) is 47.8 Å². The van der Waals surface area contributed by atoms with Crippen LogP contribution in [0.2, 0.25) is 0 Å². The molecule has 4 nitrogen and oxygen atoms in total. The number of carbonyl (C=O) groups is 1. The van der Waals surface area contributed by atoms with E-state index in [9.17, 15) is 4.79 Å². The highest BCUT2D eigenvalue weighted by molar-refractivity contribution is 7.13. The zero-order valence-corrected chi connectivity index (χ0v) is 9.41. The summed E-state index contributed by atoms with van der Waals surface area (Å²) in [7, 11) is 0. The molecule has 0 amide bonds. The van der Waals surface area contributed by atoms with Gasteiger partial charge in [0.15, 0.2) is 5.78 Å². The average Bonchev–Trinajstić information content (AvgIpc) is 2.86. The van der Waals surface area contributed by atoms with Crippen molar-refractivity contribution in [1.29, 1.82) is 0 Å². The smallest absolute Gasteiger partial charge is 0.178 e. The molecule has 0 unspecified atom stereocenters. The van der Waals surface area contributed by atoms with Crippen LogP contribution in [-0.4, -0.2) is 20.5 Å². The van der Waals surface area contributed by atoms with Crippen molar-refractivity contribution in [3.05, 3.63) is 23.5 Å². The second-order valence-electron chi connectivity index (χ2n) is 3.18. The van der Waals surface area contributed by atoms with Crippen LogP contribution in [0.1, 0.15) is 24.3 Å². The van der Waals surface area contributed by atoms with E-state index in [4.69, 9.17) is 0 Å². The summed E-state index contributed by atoms with van der Waals surface area (Å²) in [5, 5.41) is 6.79. The van der Waals surface area contributed by atoms with Gasteiger partial charge in [-0.25, -0.2) is 4.98 Å². The van der Waals surface area contributed by atoms with Crippen LogP contribution in [0.4, 0.5) is 0 Å². The first kappa shape index (κ1) is 10.0. The molecular formula is C10H11N3OS. The summed E-state index contributed by atoms with van der Waals surface area (Å²) in [5.41, 5.74) is 1.49. The maximum absolute atomic E-state index is 11.1. The third kappa shape index (κ3) is 1.97. The SMILES string of the molecule is CCn1cc(-c2nc(C(C)=O)cs2)cn1. The van der Waals surface area contributed by atoms with Gasteiger partial charge < -0.3 is 0 Å². The highest BCUT2D eigenvalue weighted by atomic mass is 32.1. The quantitative estimate of drug-likeness (QED) is 0.747. The first-order chi connectivity index (χ1) is 7.20. The number of aryl methyl sites for hydroxylation is 1. The Morgan fingerprint density at radius 2 is 2.40 bits per heavy atom. The number of hydrogen-bond donors (Lipinski definition) is 0. The summed E-state index contributed by atoms with van der Waals surface area (Å²) in [5.74, 6) is 0.000355. The normalized spacial score (nSPS) is 10.5. The number of carbonyl (C=O) groups excluding carboxylic acids is 1. The second kappa shape index (κ2) is 3.94. The van der Waals surface area contributed by atoms with Crippen molar-refractivity contribution in [3.63, 3.8) is 0 Å². The Kier molecular flexibility index (Phi) is 2.64. The van der Waals surface area contributed by atoms with E-state index >= 15 is 0 Å². The zero-order chi connectivity index (χ0) is 10.8. The molecule has 5 heteroatoms. The standard InChI is InChI=1S/C10H11N3OS/c1-3-13-5-8(4-11-13)10-12-9(6-15-10)7(2)14/h4-6H,3H2,1-2H3. The molecule has 2 rings (SSSR count). The summed E-state index contributed by atoms with van der Waals surface area (Å²) in [4.78, 5) is 15.3. The second-order valence-corrected chi connectivity index (χ2v) is 4.04. The summed E-state index contributed by atoms with van der Waals surface area (Å²) >= 11 is 1.47. The van der Waals surface area contributed by atoms with Crippen LogP contribution >= 0.6 is 11.3 Å². The van der Waals surface area contributed by atoms with Gasteiger partial charge in [-0.3, -0.25) is 9.48 Å². The molecule has 0 aliphatic carbocycles. The van der Waals surface area contributed by atoms with Gasteiger partial charge in [0.25, 0.3) is 0 Å². The highest BCUT2D eigenvalue weighted by Crippen LogP contribution is 2.23. The lowest BCUT2D eigenvalue weighted by Crippen LogP contribution is -1.92. The minimum absolute atomic E-state index is 0.000355. The van der Waals surface area contributed by atoms with Gasteiger partial charge in [0.2, 0.25) is 0 Å². The predicted molar refractivity (Wildman–Crippen MR) is 59.0 cm³/mol. The molecule has 2 aromatic heterocycles. The van der Waals surface area contributed by atoms with E-state index < -0.39 is 0 Å². The van der Waals surface area contributed by atoms with E-state index in [0.717, 1.165) is 17.1 Å². The maximum atomic E-state index is 11.1. The van der Waals surface area contributed by atoms with Crippen LogP contribution in [0.25, 0.3) is 10.6 Å². The van der Waals surface area contributed by atoms with Gasteiger partial charge in [0, 0.05) is 30.6 Å². The Labute approximate surface area is 91.6 Å². The highest BCUT2D eigenvalue weighted by Gasteiger charge is 2.09. The number of thiazole rings is 1. The first-order valence-corrected chi connectivity index (χ1v) is 5.58. The van der Waals surface area contributed by atoms with E-state index in [2.05, 4.69) is 10.1 Å². The van der Waals surface area contributed by atoms with Gasteiger partial charge in [-0.15, -0.1) is 11.3 Å². The largest absolute Gasteiger partial charge is 0.293 e. The van der Waals surface area contributed by atoms with Crippen LogP contribution in [0.5, 0.6) is 0 Å². The molecule has 0 N–H and O–H groups in total. The molecule has 0 radical (unpaired) electrons. The summed E-state index contributed by atoms with van der Waals surface area (Å²) < 4.78 is 1.84. The molecule has 0 saturated heterocycles. The summed E-state index contributed by atoms with van der Waals surface area (Å²) in [6.07, 6.45) is 3.70. The minimum atomic E-state index is 0.000355. The maximum Gasteiger partial charge on any atom is 0.178 e. The molecule has 2 heterocycles. The molecule has 0 fully saturated rings. The molecule has 0 bridgehead atoms. The number of nitrogens with zero attached hydrogens (tertiary/aromatic N) is 3. The van der Waals surface area contributed by atoms with E-state index in [1.165, 1.54) is 18.3 Å². The predicted octanol–water partition coefficient (Wildman–Crippen LogP) is 2.23. The van der Waals surface area contributed by atoms with Gasteiger partial charge in [-0.05, 0) is 6.92 Å². The molecule has 0 aliphatic rings. The minimum Gasteiger partial charge on any atom is -0.293 e. The third-order valence-corrected chi connectivity index (χ3v) is 2.96. The van der Waals surface area contributed by atoms with Crippen molar-refractivity contribution in [3.8, 4) is 10.6 Å². The van der Waals surface area contributed by atoms with Crippen LogP contribution in [0, 0.1) is 0 Å². The Bertz CT molecular complexity index is 486. The van der Waals surface area contributed by atoms with Gasteiger partial charge >= 0.3 is 0 Å². The van der Waals surface area contributed by atoms with Gasteiger partial charge in [0.05, 0.1) is 6.20 Å². The first-order valence-electron chi connectivity index (χ1n) is 4.70. The lowest BCUT2D eigenvalue weighted by Gasteiger charge is -1.90. The molecule has 0 spiro atoms. The Hall–Kier alpha value is -1.49. The number of Topliss-reactive ketones (excluding diaryl/α,β-unsaturated/α-hetero) is 1. The van der Waals surface area contributed by atoms with E-state index in [-0.39, 0.29) is 5.78 Å². The summed E-state index contributed by atoms with van der Waals surface area (Å²) in [6, 6.07) is 0. The molecule has 0 aromatic carbocycles. The van der Waals surface area contributed by atoms with Crippen LogP contribution < -0.4 is 0 Å². The molecule has 15 heavy (non-hydrogen) atoms. The molecule has 0 aliphatic heterocycles. The van der Waals surface area contributed by atoms with Crippen molar-refractivity contribution >= 4 is 17.1 Å². The van der Waals surface area contributed by atoms with Crippen LogP contribution in [0.15, 0.2) is 17.8 Å². The number of hydrogen-bond acceptors (Lipinski definition) is 4. The average molecular weight is 221 g/mol. The molecule has 0 atom stereocenters. The van der Waals surface area contributed by atoms with Crippen molar-refractivity contribution in [2.24, 2.45) is 0 Å². The van der Waals surface area contributed by atoms with Gasteiger partial charge in [-0.2, -0.15) is 5.10 Å². The van der Waals surface area contributed by atoms with Crippen LogP contribution in [-0.2, 0) is 6.54 Å². The summed E-state index contributed by atoms with van der Waals surface area (Å²) in [6.45, 7) is 4.39. The van der Waals surface area contributed by atoms with Crippen LogP contribution in [0.3, 0.4) is 0 Å². The molecular weight excluding hydrogens is 210 g/mol. The van der Waals surface area contributed by atoms with Crippen molar-refractivity contribution < 1.29 is 4.79 Å². The van der Waals surface area contributed by atoms with Crippen molar-refractivity contribution in [1.82, 2.24) is 14.8 Å². The van der Waals surface area contributed by atoms with Gasteiger partial charge in [-0.1, -0.05) is 0 Å². The monoisotopic (exact) mass is 221 g/mol. The molecule has 2 aromatic rings. The van der Waals surface area contributed by atoms with Crippen molar-refractivity contribution in [2.75, 3.05) is 0 Å². The lowest BCUT2D eigenvalue weighted by molar-refractivity contribution is 0.101. The fourth-order valence-electron chi connectivity index (χ4n) is 1.21. The van der Waals surface area contributed by atoms with Gasteiger partial charge in [0.1, 0.15) is 10.7 Å². The van der Waals surface area contributed by atoms with E-state index in [1.807, 2.05) is 17.8 Å². The lowest BCUT2D eigenvalue weighted by atomic mass is 10.3.